The smallest absolute Gasteiger partial charge is 0.0367 e. The summed E-state index contributed by atoms with van der Waals surface area (Å²) in [5, 5.41) is 3.72. The number of piperidine rings is 1. The number of nitrogens with one attached hydrogen (secondary N) is 1. The van der Waals surface area contributed by atoms with Gasteiger partial charge in [-0.3, -0.25) is 4.90 Å². The van der Waals surface area contributed by atoms with Gasteiger partial charge in [-0.15, -0.1) is 0 Å². The Kier molecular flexibility index (Phi) is 5.15. The summed E-state index contributed by atoms with van der Waals surface area (Å²) in [5.41, 5.74) is 1.37. The molecule has 0 radical (unpaired) electrons. The minimum Gasteiger partial charge on any atom is -0.369 e. The minimum absolute atomic E-state index is 0.715. The normalized spacial score (nSPS) is 27.8. The van der Waals surface area contributed by atoms with Crippen molar-refractivity contribution < 1.29 is 0 Å². The zero-order valence-electron chi connectivity index (χ0n) is 13.3. The Bertz CT molecular complexity index is 412. The zero-order chi connectivity index (χ0) is 14.5. The first-order valence-corrected chi connectivity index (χ1v) is 8.61. The van der Waals surface area contributed by atoms with Crippen LogP contribution in [0.4, 0.5) is 5.69 Å². The van der Waals surface area contributed by atoms with Gasteiger partial charge in [0.2, 0.25) is 0 Å². The van der Waals surface area contributed by atoms with Gasteiger partial charge < -0.3 is 10.2 Å². The monoisotopic (exact) mass is 287 g/mol. The van der Waals surface area contributed by atoms with E-state index in [4.69, 9.17) is 0 Å². The molecule has 0 aliphatic carbocycles. The molecule has 116 valence electrons. The molecule has 2 atom stereocenters. The van der Waals surface area contributed by atoms with Crippen LogP contribution in [0.5, 0.6) is 0 Å². The highest BCUT2D eigenvalue weighted by atomic mass is 15.3. The van der Waals surface area contributed by atoms with E-state index in [1.165, 1.54) is 51.1 Å². The van der Waals surface area contributed by atoms with Gasteiger partial charge in [0.15, 0.2) is 0 Å². The standard InChI is InChI=1S/C18H29N3/c1-2-16-8-9-19-17(14-16)15-20-10-12-21(13-11-20)18-6-4-3-5-7-18/h3-7,16-17,19H,2,8-15H2,1H3. The van der Waals surface area contributed by atoms with Gasteiger partial charge in [-0.1, -0.05) is 31.5 Å². The van der Waals surface area contributed by atoms with Crippen LogP contribution < -0.4 is 10.2 Å². The van der Waals surface area contributed by atoms with Crippen molar-refractivity contribution >= 4 is 5.69 Å². The summed E-state index contributed by atoms with van der Waals surface area (Å²) < 4.78 is 0. The van der Waals surface area contributed by atoms with E-state index >= 15 is 0 Å². The van der Waals surface area contributed by atoms with E-state index in [2.05, 4.69) is 52.4 Å². The molecule has 3 heteroatoms. The summed E-state index contributed by atoms with van der Waals surface area (Å²) >= 11 is 0. The molecule has 21 heavy (non-hydrogen) atoms. The third kappa shape index (κ3) is 3.98. The maximum absolute atomic E-state index is 3.72. The van der Waals surface area contributed by atoms with Crippen LogP contribution in [0.15, 0.2) is 30.3 Å². The lowest BCUT2D eigenvalue weighted by atomic mass is 9.90. The van der Waals surface area contributed by atoms with Crippen LogP contribution in [-0.2, 0) is 0 Å². The molecule has 2 saturated heterocycles. The van der Waals surface area contributed by atoms with Gasteiger partial charge in [0.1, 0.15) is 0 Å². The number of rotatable bonds is 4. The number of hydrogen-bond donors (Lipinski definition) is 1. The molecule has 3 rings (SSSR count). The van der Waals surface area contributed by atoms with Crippen LogP contribution in [0, 0.1) is 5.92 Å². The Morgan fingerprint density at radius 3 is 2.57 bits per heavy atom. The highest BCUT2D eigenvalue weighted by Crippen LogP contribution is 2.21. The molecule has 2 unspecified atom stereocenters. The van der Waals surface area contributed by atoms with Crippen molar-refractivity contribution in [2.45, 2.75) is 32.2 Å². The Balaban J connectivity index is 1.45. The minimum atomic E-state index is 0.715. The highest BCUT2D eigenvalue weighted by molar-refractivity contribution is 5.46. The molecule has 2 aliphatic rings. The number of para-hydroxylation sites is 1. The number of piperazine rings is 1. The summed E-state index contributed by atoms with van der Waals surface area (Å²) in [4.78, 5) is 5.16. The summed E-state index contributed by atoms with van der Waals surface area (Å²) in [5.74, 6) is 0.946. The zero-order valence-corrected chi connectivity index (χ0v) is 13.3. The van der Waals surface area contributed by atoms with Crippen molar-refractivity contribution in [3.63, 3.8) is 0 Å². The molecule has 2 aliphatic heterocycles. The van der Waals surface area contributed by atoms with Crippen LogP contribution in [0.25, 0.3) is 0 Å². The number of anilines is 1. The largest absolute Gasteiger partial charge is 0.369 e. The van der Waals surface area contributed by atoms with E-state index in [0.717, 1.165) is 19.0 Å². The second-order valence-corrected chi connectivity index (χ2v) is 6.57. The van der Waals surface area contributed by atoms with E-state index < -0.39 is 0 Å². The van der Waals surface area contributed by atoms with Gasteiger partial charge >= 0.3 is 0 Å². The third-order valence-electron chi connectivity index (χ3n) is 5.15. The molecule has 0 amide bonds. The molecular weight excluding hydrogens is 258 g/mol. The Labute approximate surface area is 129 Å². The predicted octanol–water partition coefficient (Wildman–Crippen LogP) is 2.59. The molecular formula is C18H29N3. The van der Waals surface area contributed by atoms with Crippen LogP contribution >= 0.6 is 0 Å². The van der Waals surface area contributed by atoms with E-state index in [-0.39, 0.29) is 0 Å². The first-order chi connectivity index (χ1) is 10.3. The molecule has 0 spiro atoms. The number of nitrogens with zero attached hydrogens (tertiary/aromatic N) is 2. The first-order valence-electron chi connectivity index (χ1n) is 8.61. The quantitative estimate of drug-likeness (QED) is 0.918. The van der Waals surface area contributed by atoms with Crippen molar-refractivity contribution in [2.24, 2.45) is 5.92 Å². The van der Waals surface area contributed by atoms with Gasteiger partial charge in [0, 0.05) is 44.5 Å². The molecule has 0 bridgehead atoms. The number of benzene rings is 1. The van der Waals surface area contributed by atoms with E-state index in [9.17, 15) is 0 Å². The number of hydrogen-bond acceptors (Lipinski definition) is 3. The van der Waals surface area contributed by atoms with Crippen LogP contribution in [0.2, 0.25) is 0 Å². The summed E-state index contributed by atoms with van der Waals surface area (Å²) in [6.07, 6.45) is 4.09. The Hall–Kier alpha value is -1.06. The topological polar surface area (TPSA) is 18.5 Å². The predicted molar refractivity (Wildman–Crippen MR) is 89.9 cm³/mol. The molecule has 1 aromatic rings. The summed E-state index contributed by atoms with van der Waals surface area (Å²) in [7, 11) is 0. The van der Waals surface area contributed by atoms with E-state index in [0.29, 0.717) is 6.04 Å². The van der Waals surface area contributed by atoms with Crippen LogP contribution in [0.3, 0.4) is 0 Å². The average molecular weight is 287 g/mol. The fourth-order valence-electron chi connectivity index (χ4n) is 3.74. The maximum Gasteiger partial charge on any atom is 0.0367 e. The summed E-state index contributed by atoms with van der Waals surface area (Å²) in [6, 6.07) is 11.5. The van der Waals surface area contributed by atoms with Crippen LogP contribution in [0.1, 0.15) is 26.2 Å². The molecule has 0 aromatic heterocycles. The fraction of sp³-hybridized carbons (Fsp3) is 0.667. The highest BCUT2D eigenvalue weighted by Gasteiger charge is 2.24. The lowest BCUT2D eigenvalue weighted by Gasteiger charge is -2.39. The van der Waals surface area contributed by atoms with Gasteiger partial charge in [0.25, 0.3) is 0 Å². The molecule has 2 fully saturated rings. The van der Waals surface area contributed by atoms with Crippen molar-refractivity contribution in [1.29, 1.82) is 0 Å². The van der Waals surface area contributed by atoms with E-state index in [1.807, 2.05) is 0 Å². The van der Waals surface area contributed by atoms with Crippen molar-refractivity contribution in [1.82, 2.24) is 10.2 Å². The second kappa shape index (κ2) is 7.28. The Morgan fingerprint density at radius 1 is 1.10 bits per heavy atom. The average Bonchev–Trinajstić information content (AvgIpc) is 2.56. The first kappa shape index (κ1) is 14.9. The maximum atomic E-state index is 3.72. The molecule has 0 saturated carbocycles. The van der Waals surface area contributed by atoms with Crippen molar-refractivity contribution in [2.75, 3.05) is 44.2 Å². The summed E-state index contributed by atoms with van der Waals surface area (Å²) in [6.45, 7) is 9.51. The molecule has 1 aromatic carbocycles. The molecule has 3 nitrogen and oxygen atoms in total. The SMILES string of the molecule is CCC1CCNC(CN2CCN(c3ccccc3)CC2)C1. The second-order valence-electron chi connectivity index (χ2n) is 6.57. The lowest BCUT2D eigenvalue weighted by molar-refractivity contribution is 0.192. The van der Waals surface area contributed by atoms with E-state index in [1.54, 1.807) is 0 Å². The Morgan fingerprint density at radius 2 is 1.86 bits per heavy atom. The third-order valence-corrected chi connectivity index (χ3v) is 5.15. The van der Waals surface area contributed by atoms with Gasteiger partial charge in [-0.25, -0.2) is 0 Å². The fourth-order valence-corrected chi connectivity index (χ4v) is 3.74. The van der Waals surface area contributed by atoms with Crippen molar-refractivity contribution in [3.05, 3.63) is 30.3 Å². The molecule has 1 N–H and O–H groups in total. The lowest BCUT2D eigenvalue weighted by Crippen LogP contribution is -2.52. The van der Waals surface area contributed by atoms with Gasteiger partial charge in [-0.05, 0) is 37.4 Å². The molecule has 2 heterocycles. The van der Waals surface area contributed by atoms with Crippen LogP contribution in [-0.4, -0.2) is 50.2 Å². The van der Waals surface area contributed by atoms with Crippen molar-refractivity contribution in [3.8, 4) is 0 Å². The van der Waals surface area contributed by atoms with Gasteiger partial charge in [0.05, 0.1) is 0 Å². The van der Waals surface area contributed by atoms with Gasteiger partial charge in [-0.2, -0.15) is 0 Å².